The molecule has 0 aliphatic carbocycles. The maximum absolute atomic E-state index is 12.4. The molecule has 0 saturated carbocycles. The zero-order chi connectivity index (χ0) is 29.4. The van der Waals surface area contributed by atoms with Gasteiger partial charge in [0.15, 0.2) is 0 Å². The van der Waals surface area contributed by atoms with Crippen LogP contribution >= 0.6 is 0 Å². The Morgan fingerprint density at radius 2 is 1.55 bits per heavy atom. The maximum Gasteiger partial charge on any atom is 0.410 e. The van der Waals surface area contributed by atoms with Crippen molar-refractivity contribution in [3.63, 3.8) is 0 Å². The van der Waals surface area contributed by atoms with Crippen molar-refractivity contribution in [1.82, 2.24) is 14.9 Å². The molecule has 0 spiro atoms. The second kappa shape index (κ2) is 13.3. The first-order valence-corrected chi connectivity index (χ1v) is 14.3. The fourth-order valence-electron chi connectivity index (χ4n) is 4.59. The van der Waals surface area contributed by atoms with E-state index in [1.807, 2.05) is 106 Å². The highest BCUT2D eigenvalue weighted by Crippen LogP contribution is 2.26. The Morgan fingerprint density at radius 1 is 0.857 bits per heavy atom. The highest BCUT2D eigenvalue weighted by atomic mass is 16.6. The fourth-order valence-corrected chi connectivity index (χ4v) is 4.59. The summed E-state index contributed by atoms with van der Waals surface area (Å²) in [6, 6.07) is 28.1. The summed E-state index contributed by atoms with van der Waals surface area (Å²) in [5, 5.41) is 0. The van der Waals surface area contributed by atoms with Gasteiger partial charge in [-0.25, -0.2) is 4.79 Å². The summed E-state index contributed by atoms with van der Waals surface area (Å²) in [6.45, 7) is 7.63. The summed E-state index contributed by atoms with van der Waals surface area (Å²) in [5.41, 5.74) is 5.73. The van der Waals surface area contributed by atoms with Crippen molar-refractivity contribution in [2.24, 2.45) is 0 Å². The number of aromatic nitrogens is 2. The lowest BCUT2D eigenvalue weighted by atomic mass is 10.0. The third kappa shape index (κ3) is 8.19. The second-order valence-corrected chi connectivity index (χ2v) is 11.3. The number of benzene rings is 2. The molecule has 0 fully saturated rings. The quantitative estimate of drug-likeness (QED) is 0.214. The molecule has 0 N–H and O–H groups in total. The number of nitrogens with zero attached hydrogens (tertiary/aromatic N) is 3. The average Bonchev–Trinajstić information content (AvgIpc) is 3.00. The van der Waals surface area contributed by atoms with Gasteiger partial charge in [-0.1, -0.05) is 72.8 Å². The van der Waals surface area contributed by atoms with Gasteiger partial charge in [-0.2, -0.15) is 4.98 Å². The molecule has 3 heterocycles. The molecule has 7 heteroatoms. The number of pyridine rings is 2. The predicted octanol–water partition coefficient (Wildman–Crippen LogP) is 7.25. The molecule has 4 aromatic rings. The second-order valence-electron chi connectivity index (χ2n) is 11.3. The average molecular weight is 564 g/mol. The zero-order valence-corrected chi connectivity index (χ0v) is 24.5. The Hall–Kier alpha value is -4.65. The van der Waals surface area contributed by atoms with E-state index in [0.29, 0.717) is 44.5 Å². The summed E-state index contributed by atoms with van der Waals surface area (Å²) in [5.74, 6) is 1.05. The largest absolute Gasteiger partial charge is 0.473 e. The molecule has 1 amide bonds. The molecule has 1 aliphatic heterocycles. The van der Waals surface area contributed by atoms with Crippen molar-refractivity contribution < 1.29 is 19.0 Å². The van der Waals surface area contributed by atoms with Gasteiger partial charge in [0.2, 0.25) is 11.8 Å². The van der Waals surface area contributed by atoms with Gasteiger partial charge < -0.3 is 19.1 Å². The number of rotatable bonds is 9. The van der Waals surface area contributed by atoms with Gasteiger partial charge in [-0.15, -0.1) is 0 Å². The van der Waals surface area contributed by atoms with Gasteiger partial charge in [-0.3, -0.25) is 4.98 Å². The molecule has 0 saturated heterocycles. The molecule has 0 atom stereocenters. The molecule has 0 radical (unpaired) electrons. The van der Waals surface area contributed by atoms with Crippen molar-refractivity contribution in [3.05, 3.63) is 125 Å². The lowest BCUT2D eigenvalue weighted by Gasteiger charge is -2.29. The third-order valence-corrected chi connectivity index (χ3v) is 6.79. The molecule has 42 heavy (non-hydrogen) atoms. The van der Waals surface area contributed by atoms with E-state index in [1.165, 1.54) is 5.57 Å². The number of hydrogen-bond donors (Lipinski definition) is 0. The first kappa shape index (κ1) is 28.9. The standard InChI is InChI=1S/C35H37N3O4/c1-35(2,3)42-34(39)38-20-18-28(19-21-38)30-14-16-31(36-23-30)22-29-15-17-32(40-24-26-10-6-4-7-11-26)37-33(29)41-25-27-12-8-5-9-13-27/h4-18,23H,19-22,24-25H2,1-3H3. The molecule has 2 aromatic heterocycles. The van der Waals surface area contributed by atoms with Crippen LogP contribution in [0.2, 0.25) is 0 Å². The Kier molecular flexibility index (Phi) is 9.17. The zero-order valence-electron chi connectivity index (χ0n) is 24.5. The molecule has 1 aliphatic rings. The van der Waals surface area contributed by atoms with Crippen molar-refractivity contribution in [2.75, 3.05) is 13.1 Å². The Morgan fingerprint density at radius 3 is 2.14 bits per heavy atom. The van der Waals surface area contributed by atoms with E-state index >= 15 is 0 Å². The summed E-state index contributed by atoms with van der Waals surface area (Å²) in [4.78, 5) is 23.6. The van der Waals surface area contributed by atoms with Gasteiger partial charge in [0.1, 0.15) is 18.8 Å². The smallest absolute Gasteiger partial charge is 0.410 e. The van der Waals surface area contributed by atoms with Crippen LogP contribution in [0.3, 0.4) is 0 Å². The van der Waals surface area contributed by atoms with E-state index in [9.17, 15) is 4.79 Å². The Balaban J connectivity index is 1.26. The highest BCUT2D eigenvalue weighted by molar-refractivity contribution is 5.72. The number of carbonyl (C=O) groups is 1. The van der Waals surface area contributed by atoms with Crippen LogP contribution in [0.15, 0.2) is 97.2 Å². The summed E-state index contributed by atoms with van der Waals surface area (Å²) < 4.78 is 17.7. The number of hydrogen-bond acceptors (Lipinski definition) is 6. The summed E-state index contributed by atoms with van der Waals surface area (Å²) in [7, 11) is 0. The predicted molar refractivity (Wildman–Crippen MR) is 163 cm³/mol. The van der Waals surface area contributed by atoms with Crippen molar-refractivity contribution in [1.29, 1.82) is 0 Å². The molecule has 0 bridgehead atoms. The highest BCUT2D eigenvalue weighted by Gasteiger charge is 2.24. The van der Waals surface area contributed by atoms with E-state index in [0.717, 1.165) is 34.4 Å². The van der Waals surface area contributed by atoms with Crippen molar-refractivity contribution in [2.45, 2.75) is 52.4 Å². The van der Waals surface area contributed by atoms with Gasteiger partial charge in [0.25, 0.3) is 0 Å². The van der Waals surface area contributed by atoms with Crippen LogP contribution in [-0.2, 0) is 24.4 Å². The van der Waals surface area contributed by atoms with Gasteiger partial charge in [0.05, 0.1) is 0 Å². The van der Waals surface area contributed by atoms with E-state index in [2.05, 4.69) is 12.1 Å². The van der Waals surface area contributed by atoms with Crippen LogP contribution in [0.25, 0.3) is 5.57 Å². The molecule has 5 rings (SSSR count). The molecule has 216 valence electrons. The Labute approximate surface area is 247 Å². The Bertz CT molecular complexity index is 1500. The summed E-state index contributed by atoms with van der Waals surface area (Å²) in [6.07, 6.45) is 5.03. The minimum Gasteiger partial charge on any atom is -0.473 e. The van der Waals surface area contributed by atoms with Gasteiger partial charge in [-0.05, 0) is 61.6 Å². The molecule has 7 nitrogen and oxygen atoms in total. The van der Waals surface area contributed by atoms with E-state index in [4.69, 9.17) is 24.2 Å². The molecule has 0 unspecified atom stereocenters. The number of ether oxygens (including phenoxy) is 3. The van der Waals surface area contributed by atoms with E-state index < -0.39 is 5.60 Å². The minimum absolute atomic E-state index is 0.276. The minimum atomic E-state index is -0.502. The number of amides is 1. The van der Waals surface area contributed by atoms with Gasteiger partial charge >= 0.3 is 6.09 Å². The van der Waals surface area contributed by atoms with E-state index in [1.54, 1.807) is 4.90 Å². The molecular weight excluding hydrogens is 526 g/mol. The van der Waals surface area contributed by atoms with Gasteiger partial charge in [0, 0.05) is 43.0 Å². The van der Waals surface area contributed by atoms with Crippen molar-refractivity contribution in [3.8, 4) is 11.8 Å². The van der Waals surface area contributed by atoms with Crippen LogP contribution in [0.1, 0.15) is 55.1 Å². The van der Waals surface area contributed by atoms with Crippen LogP contribution < -0.4 is 9.47 Å². The lowest BCUT2D eigenvalue weighted by molar-refractivity contribution is 0.0270. The summed E-state index contributed by atoms with van der Waals surface area (Å²) >= 11 is 0. The van der Waals surface area contributed by atoms with Crippen LogP contribution in [0.5, 0.6) is 11.8 Å². The van der Waals surface area contributed by atoms with Crippen LogP contribution in [0, 0.1) is 0 Å². The molecule has 2 aromatic carbocycles. The normalized spacial score (nSPS) is 13.3. The molecular formula is C35H37N3O4. The SMILES string of the molecule is CC(C)(C)OC(=O)N1CC=C(c2ccc(Cc3ccc(OCc4ccccc4)nc3OCc3ccccc3)nc2)CC1. The van der Waals surface area contributed by atoms with Crippen molar-refractivity contribution >= 4 is 11.7 Å². The monoisotopic (exact) mass is 563 g/mol. The topological polar surface area (TPSA) is 73.8 Å². The first-order valence-electron chi connectivity index (χ1n) is 14.3. The van der Waals surface area contributed by atoms with Crippen LogP contribution in [0.4, 0.5) is 4.79 Å². The lowest BCUT2D eigenvalue weighted by Crippen LogP contribution is -2.39. The van der Waals surface area contributed by atoms with E-state index in [-0.39, 0.29) is 6.09 Å². The van der Waals surface area contributed by atoms with Crippen LogP contribution in [-0.4, -0.2) is 39.7 Å². The first-order chi connectivity index (χ1) is 20.3. The third-order valence-electron chi connectivity index (χ3n) is 6.79. The number of carbonyl (C=O) groups excluding carboxylic acids is 1. The fraction of sp³-hybridized carbons (Fsp3) is 0.286. The maximum atomic E-state index is 12.4.